The van der Waals surface area contributed by atoms with Crippen molar-refractivity contribution in [3.63, 3.8) is 0 Å². The largest absolute Gasteiger partial charge is 0.508 e. The summed E-state index contributed by atoms with van der Waals surface area (Å²) in [7, 11) is 0. The van der Waals surface area contributed by atoms with Crippen LogP contribution in [0, 0.1) is 23.7 Å². The van der Waals surface area contributed by atoms with Crippen molar-refractivity contribution in [1.82, 2.24) is 0 Å². The number of phenols is 1. The third-order valence-corrected chi connectivity index (χ3v) is 9.45. The maximum Gasteiger partial charge on any atom is 0.255 e. The number of carbonyl (C=O) groups is 4. The van der Waals surface area contributed by atoms with Gasteiger partial charge in [0.25, 0.3) is 5.91 Å². The number of ketones is 3. The first kappa shape index (κ1) is 28.4. The van der Waals surface area contributed by atoms with Gasteiger partial charge in [0.2, 0.25) is 5.78 Å². The van der Waals surface area contributed by atoms with Gasteiger partial charge in [-0.25, -0.2) is 0 Å². The number of fused-ring (bicyclic) bond motifs is 4. The Balaban J connectivity index is 1.59. The SMILES string of the molecule is CC(=O)c1ccc(-c2ccc(O)c3c2C[C@H]2C[C@H]4[C@H](C(C)C)C(=O)C(C(N)=O)=C(O)[C@@]4(O)C(=O)C2=C3O)c2ccccc12. The van der Waals surface area contributed by atoms with Gasteiger partial charge in [0.15, 0.2) is 17.2 Å². The Morgan fingerprint density at radius 3 is 2.23 bits per heavy atom. The fourth-order valence-electron chi connectivity index (χ4n) is 7.58. The summed E-state index contributed by atoms with van der Waals surface area (Å²) in [5, 5.41) is 46.9. The molecule has 3 aromatic carbocycles. The number of aliphatic hydroxyl groups excluding tert-OH is 2. The van der Waals surface area contributed by atoms with E-state index in [1.165, 1.54) is 13.0 Å². The molecule has 0 unspecified atom stereocenters. The van der Waals surface area contributed by atoms with E-state index in [2.05, 4.69) is 0 Å². The molecular formula is C34H31NO8. The minimum atomic E-state index is -2.66. The number of rotatable bonds is 4. The summed E-state index contributed by atoms with van der Waals surface area (Å²) in [6, 6.07) is 14.1. The minimum absolute atomic E-state index is 0.0183. The Kier molecular flexibility index (Phi) is 6.36. The Morgan fingerprint density at radius 1 is 0.953 bits per heavy atom. The zero-order valence-electron chi connectivity index (χ0n) is 23.8. The van der Waals surface area contributed by atoms with E-state index >= 15 is 0 Å². The van der Waals surface area contributed by atoms with Crippen molar-refractivity contribution in [3.8, 4) is 16.9 Å². The average molecular weight is 582 g/mol. The normalized spacial score (nSPS) is 25.1. The number of Topliss-reactive ketones (excluding diaryl/α,β-unsaturated/α-hetero) is 3. The van der Waals surface area contributed by atoms with Crippen molar-refractivity contribution >= 4 is 39.8 Å². The molecule has 3 aromatic rings. The smallest absolute Gasteiger partial charge is 0.255 e. The number of aromatic hydroxyl groups is 1. The molecule has 0 spiro atoms. The van der Waals surface area contributed by atoms with E-state index in [1.807, 2.05) is 30.3 Å². The van der Waals surface area contributed by atoms with Crippen molar-refractivity contribution in [1.29, 1.82) is 0 Å². The number of phenolic OH excluding ortho intramolecular Hbond substituents is 1. The number of nitrogens with two attached hydrogens (primary N) is 1. The molecule has 1 fully saturated rings. The molecule has 3 aliphatic carbocycles. The van der Waals surface area contributed by atoms with E-state index in [-0.39, 0.29) is 35.5 Å². The molecular weight excluding hydrogens is 550 g/mol. The molecule has 3 aliphatic rings. The van der Waals surface area contributed by atoms with Gasteiger partial charge in [-0.15, -0.1) is 0 Å². The number of hydrogen-bond donors (Lipinski definition) is 5. The van der Waals surface area contributed by atoms with Crippen LogP contribution in [0.2, 0.25) is 0 Å². The van der Waals surface area contributed by atoms with Crippen molar-refractivity contribution < 1.29 is 39.6 Å². The summed E-state index contributed by atoms with van der Waals surface area (Å²) in [5.74, 6) is -8.22. The first-order chi connectivity index (χ1) is 20.3. The molecule has 43 heavy (non-hydrogen) atoms. The molecule has 9 nitrogen and oxygen atoms in total. The van der Waals surface area contributed by atoms with Crippen LogP contribution in [0.3, 0.4) is 0 Å². The molecule has 9 heteroatoms. The molecule has 0 aliphatic heterocycles. The van der Waals surface area contributed by atoms with Gasteiger partial charge in [0, 0.05) is 23.0 Å². The standard InChI is InChI=1S/C34H31NO8/c1-14(2)25-23-13-16-12-22-21(20-9-8-17(15(3)36)18-6-4-5-7-19(18)20)10-11-24(37)27(22)30(39)26(16)31(40)34(23,43)32(41)28(29(25)38)33(35)42/h4-11,14,16,23,25,37,39,41,43H,12-13H2,1-3H3,(H2,35,42)/t16-,23-,25-,34-/m0/s1. The molecule has 0 aromatic heterocycles. The van der Waals surface area contributed by atoms with Gasteiger partial charge in [-0.1, -0.05) is 56.3 Å². The lowest BCUT2D eigenvalue weighted by Crippen LogP contribution is -2.62. The molecule has 0 radical (unpaired) electrons. The average Bonchev–Trinajstić information content (AvgIpc) is 2.94. The maximum atomic E-state index is 14.1. The van der Waals surface area contributed by atoms with E-state index in [1.54, 1.807) is 26.0 Å². The van der Waals surface area contributed by atoms with Gasteiger partial charge >= 0.3 is 0 Å². The number of benzene rings is 3. The Bertz CT molecular complexity index is 1870. The molecule has 6 rings (SSSR count). The number of primary amides is 1. The second kappa shape index (κ2) is 9.64. The first-order valence-electron chi connectivity index (χ1n) is 14.2. The van der Waals surface area contributed by atoms with E-state index in [0.717, 1.165) is 16.3 Å². The van der Waals surface area contributed by atoms with Crippen LogP contribution >= 0.6 is 0 Å². The third-order valence-electron chi connectivity index (χ3n) is 9.45. The molecule has 1 amide bonds. The molecule has 0 bridgehead atoms. The van der Waals surface area contributed by atoms with Crippen LogP contribution in [0.25, 0.3) is 27.7 Å². The predicted molar refractivity (Wildman–Crippen MR) is 158 cm³/mol. The highest BCUT2D eigenvalue weighted by molar-refractivity contribution is 6.23. The fraction of sp³-hybridized carbons (Fsp3) is 0.294. The lowest BCUT2D eigenvalue weighted by molar-refractivity contribution is -0.155. The highest BCUT2D eigenvalue weighted by Crippen LogP contribution is 2.55. The van der Waals surface area contributed by atoms with E-state index in [0.29, 0.717) is 16.7 Å². The van der Waals surface area contributed by atoms with E-state index in [4.69, 9.17) is 5.73 Å². The van der Waals surface area contributed by atoms with Gasteiger partial charge in [0.05, 0.1) is 5.56 Å². The van der Waals surface area contributed by atoms with Gasteiger partial charge in [-0.3, -0.25) is 19.2 Å². The van der Waals surface area contributed by atoms with E-state index in [9.17, 15) is 39.6 Å². The summed E-state index contributed by atoms with van der Waals surface area (Å²) in [4.78, 5) is 52.0. The summed E-state index contributed by atoms with van der Waals surface area (Å²) in [6.45, 7) is 4.94. The summed E-state index contributed by atoms with van der Waals surface area (Å²) >= 11 is 0. The van der Waals surface area contributed by atoms with Crippen molar-refractivity contribution in [2.45, 2.75) is 39.2 Å². The molecule has 220 valence electrons. The van der Waals surface area contributed by atoms with Crippen molar-refractivity contribution in [2.75, 3.05) is 0 Å². The number of amides is 1. The minimum Gasteiger partial charge on any atom is -0.508 e. The first-order valence-corrected chi connectivity index (χ1v) is 14.2. The summed E-state index contributed by atoms with van der Waals surface area (Å²) < 4.78 is 0. The van der Waals surface area contributed by atoms with Crippen LogP contribution in [0.15, 0.2) is 65.4 Å². The topological polar surface area (TPSA) is 175 Å². The predicted octanol–water partition coefficient (Wildman–Crippen LogP) is 4.33. The van der Waals surface area contributed by atoms with Gasteiger partial charge in [-0.2, -0.15) is 0 Å². The van der Waals surface area contributed by atoms with Crippen LogP contribution in [-0.4, -0.2) is 49.3 Å². The molecule has 4 atom stereocenters. The number of carbonyl (C=O) groups excluding carboxylic acids is 4. The number of aliphatic hydroxyl groups is 3. The monoisotopic (exact) mass is 581 g/mol. The molecule has 0 heterocycles. The van der Waals surface area contributed by atoms with Gasteiger partial charge < -0.3 is 26.2 Å². The Hall–Kier alpha value is -4.76. The quantitative estimate of drug-likeness (QED) is 0.223. The van der Waals surface area contributed by atoms with Crippen LogP contribution < -0.4 is 5.73 Å². The highest BCUT2D eigenvalue weighted by atomic mass is 16.3. The summed E-state index contributed by atoms with van der Waals surface area (Å²) in [6.07, 6.45) is 0.205. The van der Waals surface area contributed by atoms with Crippen LogP contribution in [0.1, 0.15) is 48.7 Å². The molecule has 0 saturated heterocycles. The van der Waals surface area contributed by atoms with Crippen LogP contribution in [0.4, 0.5) is 0 Å². The maximum absolute atomic E-state index is 14.1. The van der Waals surface area contributed by atoms with Crippen molar-refractivity contribution in [2.24, 2.45) is 29.4 Å². The zero-order chi connectivity index (χ0) is 31.1. The second-order valence-corrected chi connectivity index (χ2v) is 12.1. The van der Waals surface area contributed by atoms with Crippen molar-refractivity contribution in [3.05, 3.63) is 82.1 Å². The Morgan fingerprint density at radius 2 is 1.60 bits per heavy atom. The summed E-state index contributed by atoms with van der Waals surface area (Å²) in [5.41, 5.74) is 4.31. The highest BCUT2D eigenvalue weighted by Gasteiger charge is 2.64. The second-order valence-electron chi connectivity index (χ2n) is 12.1. The van der Waals surface area contributed by atoms with Crippen LogP contribution in [-0.2, 0) is 20.8 Å². The Labute approximate surface area is 247 Å². The fourth-order valence-corrected chi connectivity index (χ4v) is 7.58. The molecule has 6 N–H and O–H groups in total. The van der Waals surface area contributed by atoms with Gasteiger partial charge in [-0.05, 0) is 65.1 Å². The lowest BCUT2D eigenvalue weighted by atomic mass is 9.54. The molecule has 1 saturated carbocycles. The van der Waals surface area contributed by atoms with Gasteiger partial charge in [0.1, 0.15) is 22.8 Å². The number of hydrogen-bond acceptors (Lipinski definition) is 8. The lowest BCUT2D eigenvalue weighted by Gasteiger charge is -2.50. The van der Waals surface area contributed by atoms with Crippen LogP contribution in [0.5, 0.6) is 5.75 Å². The third kappa shape index (κ3) is 3.81. The van der Waals surface area contributed by atoms with E-state index < -0.39 is 63.8 Å². The zero-order valence-corrected chi connectivity index (χ0v) is 23.8.